The van der Waals surface area contributed by atoms with Gasteiger partial charge in [-0.1, -0.05) is 40.9 Å². The van der Waals surface area contributed by atoms with E-state index in [4.69, 9.17) is 34.8 Å². The Bertz CT molecular complexity index is 617. The van der Waals surface area contributed by atoms with Crippen LogP contribution in [0.5, 0.6) is 5.75 Å². The van der Waals surface area contributed by atoms with E-state index in [1.165, 1.54) is 12.1 Å². The van der Waals surface area contributed by atoms with Gasteiger partial charge in [-0.25, -0.2) is 4.79 Å². The van der Waals surface area contributed by atoms with E-state index in [0.717, 1.165) is 21.4 Å². The zero-order valence-corrected chi connectivity index (χ0v) is 14.4. The molecule has 24 heavy (non-hydrogen) atoms. The molecule has 1 aromatic rings. The number of anilines is 1. The van der Waals surface area contributed by atoms with E-state index in [9.17, 15) is 22.4 Å². The molecule has 1 atom stereocenters. The van der Waals surface area contributed by atoms with Gasteiger partial charge in [-0.05, 0) is 12.1 Å². The van der Waals surface area contributed by atoms with Crippen LogP contribution in [-0.2, 0) is 0 Å². The van der Waals surface area contributed by atoms with Crippen molar-refractivity contribution < 1.29 is 27.1 Å². The van der Waals surface area contributed by atoms with Gasteiger partial charge in [-0.2, -0.15) is 27.4 Å². The first-order valence-electron chi connectivity index (χ1n) is 6.06. The fraction of sp³-hybridized carbons (Fsp3) is 0.364. The Morgan fingerprint density at radius 2 is 1.96 bits per heavy atom. The highest BCUT2D eigenvalue weighted by Crippen LogP contribution is 2.41. The molecule has 0 saturated carbocycles. The van der Waals surface area contributed by atoms with Crippen LogP contribution in [0, 0.1) is 0 Å². The van der Waals surface area contributed by atoms with Crippen LogP contribution < -0.4 is 15.1 Å². The maximum absolute atomic E-state index is 12.9. The SMILES string of the molecule is O=C1N(SC(Cl)(Cl)Cl)NCN1c1cccc(OC(F)C(F)(F)F)c1. The van der Waals surface area contributed by atoms with Gasteiger partial charge in [0.05, 0.1) is 12.4 Å². The molecular weight excluding hydrogens is 421 g/mol. The highest BCUT2D eigenvalue weighted by molar-refractivity contribution is 8.03. The predicted molar refractivity (Wildman–Crippen MR) is 83.6 cm³/mol. The number of hydrogen-bond donors (Lipinski definition) is 1. The van der Waals surface area contributed by atoms with Gasteiger partial charge in [0.1, 0.15) is 5.75 Å². The number of carbonyl (C=O) groups is 1. The average molecular weight is 429 g/mol. The molecule has 1 fully saturated rings. The van der Waals surface area contributed by atoms with Crippen molar-refractivity contribution in [3.05, 3.63) is 24.3 Å². The van der Waals surface area contributed by atoms with Crippen LogP contribution in [0.1, 0.15) is 0 Å². The molecule has 1 saturated heterocycles. The number of halogens is 7. The Balaban J connectivity index is 2.11. The van der Waals surface area contributed by atoms with Crippen molar-refractivity contribution in [2.24, 2.45) is 0 Å². The van der Waals surface area contributed by atoms with Crippen LogP contribution in [0.15, 0.2) is 24.3 Å². The molecule has 0 aromatic heterocycles. The third kappa shape index (κ3) is 5.09. The number of ether oxygens (including phenoxy) is 1. The molecule has 134 valence electrons. The van der Waals surface area contributed by atoms with E-state index in [-0.39, 0.29) is 12.4 Å². The second-order valence-electron chi connectivity index (χ2n) is 4.33. The second-order valence-corrected chi connectivity index (χ2v) is 8.44. The van der Waals surface area contributed by atoms with Crippen LogP contribution in [-0.4, -0.2) is 32.8 Å². The van der Waals surface area contributed by atoms with Gasteiger partial charge in [0, 0.05) is 18.0 Å². The lowest BCUT2D eigenvalue weighted by molar-refractivity contribution is -0.236. The summed E-state index contributed by atoms with van der Waals surface area (Å²) in [7, 11) is 0. The summed E-state index contributed by atoms with van der Waals surface area (Å²) < 4.78 is 52.8. The highest BCUT2D eigenvalue weighted by Gasteiger charge is 2.42. The smallest absolute Gasteiger partial charge is 0.452 e. The largest absolute Gasteiger partial charge is 0.457 e. The number of rotatable bonds is 4. The van der Waals surface area contributed by atoms with Crippen molar-refractivity contribution >= 4 is 58.5 Å². The number of amides is 2. The van der Waals surface area contributed by atoms with Gasteiger partial charge in [0.2, 0.25) is 0 Å². The third-order valence-corrected chi connectivity index (χ3v) is 3.89. The van der Waals surface area contributed by atoms with E-state index in [1.54, 1.807) is 0 Å². The molecule has 1 aromatic carbocycles. The summed E-state index contributed by atoms with van der Waals surface area (Å²) in [6.45, 7) is -0.0334. The van der Waals surface area contributed by atoms with Gasteiger partial charge in [-0.3, -0.25) is 4.90 Å². The molecule has 0 radical (unpaired) electrons. The van der Waals surface area contributed by atoms with Crippen LogP contribution >= 0.6 is 46.8 Å². The van der Waals surface area contributed by atoms with Gasteiger partial charge < -0.3 is 4.74 Å². The monoisotopic (exact) mass is 427 g/mol. The van der Waals surface area contributed by atoms with E-state index in [0.29, 0.717) is 11.9 Å². The third-order valence-electron chi connectivity index (χ3n) is 2.60. The van der Waals surface area contributed by atoms with Gasteiger partial charge in [0.15, 0.2) is 0 Å². The molecule has 2 rings (SSSR count). The first-order valence-corrected chi connectivity index (χ1v) is 7.96. The zero-order valence-electron chi connectivity index (χ0n) is 11.4. The minimum Gasteiger partial charge on any atom is -0.452 e. The second kappa shape index (κ2) is 7.20. The van der Waals surface area contributed by atoms with Crippen LogP contribution in [0.4, 0.5) is 28.0 Å². The Morgan fingerprint density at radius 3 is 2.54 bits per heavy atom. The lowest BCUT2D eigenvalue weighted by Crippen LogP contribution is -2.31. The minimum absolute atomic E-state index is 0.0334. The lowest BCUT2D eigenvalue weighted by Gasteiger charge is -2.20. The van der Waals surface area contributed by atoms with Crippen molar-refractivity contribution in [3.8, 4) is 5.75 Å². The molecule has 1 aliphatic rings. The summed E-state index contributed by atoms with van der Waals surface area (Å²) in [5, 5.41) is 0. The first kappa shape index (κ1) is 19.5. The van der Waals surface area contributed by atoms with Crippen molar-refractivity contribution in [1.29, 1.82) is 0 Å². The highest BCUT2D eigenvalue weighted by atomic mass is 35.6. The molecule has 13 heteroatoms. The lowest BCUT2D eigenvalue weighted by atomic mass is 10.3. The number of hydrazine groups is 1. The van der Waals surface area contributed by atoms with E-state index < -0.39 is 27.4 Å². The molecule has 1 heterocycles. The quantitative estimate of drug-likeness (QED) is 0.432. The number of nitrogens with one attached hydrogen (secondary N) is 1. The number of urea groups is 1. The zero-order chi connectivity index (χ0) is 18.1. The predicted octanol–water partition coefficient (Wildman–Crippen LogP) is 4.60. The van der Waals surface area contributed by atoms with E-state index in [1.807, 2.05) is 0 Å². The summed E-state index contributed by atoms with van der Waals surface area (Å²) >= 11 is 17.3. The maximum Gasteiger partial charge on any atom is 0.457 e. The fourth-order valence-electron chi connectivity index (χ4n) is 1.67. The Hall–Kier alpha value is -0.810. The van der Waals surface area contributed by atoms with Crippen molar-refractivity contribution in [2.75, 3.05) is 11.6 Å². The molecular formula is C11H8Cl3F4N3O2S. The van der Waals surface area contributed by atoms with E-state index in [2.05, 4.69) is 10.2 Å². The number of carbonyl (C=O) groups excluding carboxylic acids is 1. The topological polar surface area (TPSA) is 44.8 Å². The molecule has 2 amide bonds. The van der Waals surface area contributed by atoms with Gasteiger partial charge in [0.25, 0.3) is 3.12 Å². The van der Waals surface area contributed by atoms with Gasteiger partial charge in [-0.15, -0.1) is 0 Å². The molecule has 0 aliphatic carbocycles. The molecule has 5 nitrogen and oxygen atoms in total. The van der Waals surface area contributed by atoms with E-state index >= 15 is 0 Å². The fourth-order valence-corrected chi connectivity index (χ4v) is 2.79. The summed E-state index contributed by atoms with van der Waals surface area (Å²) in [6.07, 6.45) is -8.63. The molecule has 1 unspecified atom stereocenters. The Kier molecular flexibility index (Phi) is 5.86. The molecule has 1 aliphatic heterocycles. The Morgan fingerprint density at radius 1 is 1.29 bits per heavy atom. The molecule has 0 bridgehead atoms. The van der Waals surface area contributed by atoms with Crippen molar-refractivity contribution in [2.45, 2.75) is 15.7 Å². The normalized spacial score (nSPS) is 17.4. The van der Waals surface area contributed by atoms with Crippen molar-refractivity contribution in [1.82, 2.24) is 9.84 Å². The van der Waals surface area contributed by atoms with Crippen LogP contribution in [0.2, 0.25) is 0 Å². The number of benzene rings is 1. The Labute approximate surface area is 152 Å². The van der Waals surface area contributed by atoms with Crippen LogP contribution in [0.25, 0.3) is 0 Å². The minimum atomic E-state index is -5.15. The maximum atomic E-state index is 12.9. The molecule has 0 spiro atoms. The summed E-state index contributed by atoms with van der Waals surface area (Å²) in [5.41, 5.74) is 2.79. The average Bonchev–Trinajstić information content (AvgIpc) is 2.77. The van der Waals surface area contributed by atoms with Crippen molar-refractivity contribution in [3.63, 3.8) is 0 Å². The van der Waals surface area contributed by atoms with Gasteiger partial charge >= 0.3 is 18.6 Å². The summed E-state index contributed by atoms with van der Waals surface area (Å²) in [5.74, 6) is -0.391. The summed E-state index contributed by atoms with van der Waals surface area (Å²) in [6, 6.07) is 4.32. The number of nitrogens with zero attached hydrogens (tertiary/aromatic N) is 2. The number of alkyl halides is 7. The first-order chi connectivity index (χ1) is 11.0. The number of hydrogen-bond acceptors (Lipinski definition) is 4. The molecule has 1 N–H and O–H groups in total. The van der Waals surface area contributed by atoms with Crippen LogP contribution in [0.3, 0.4) is 0 Å². The summed E-state index contributed by atoms with van der Waals surface area (Å²) in [4.78, 5) is 13.3. The standard InChI is InChI=1S/C11H8Cl3F4N3O2S/c12-11(13,14)24-21-9(22)20(5-19-21)6-2-1-3-7(4-6)23-8(15)10(16,17)18/h1-4,8,19H,5H2.